The lowest BCUT2D eigenvalue weighted by Crippen LogP contribution is -2.27. The smallest absolute Gasteiger partial charge is 0.504 e. The second kappa shape index (κ2) is 5.59. The third-order valence-electron chi connectivity index (χ3n) is 1.73. The first-order valence-electron chi connectivity index (χ1n) is 5.24. The third-order valence-corrected chi connectivity index (χ3v) is 1.73. The number of carbonyl (C=O) groups excluding carboxylic acids is 1. The van der Waals surface area contributed by atoms with E-state index in [1.165, 1.54) is 0 Å². The van der Waals surface area contributed by atoms with Crippen molar-refractivity contribution in [1.82, 2.24) is 0 Å². The molecule has 1 rings (SSSR count). The Bertz CT molecular complexity index is 372. The molecule has 0 aliphatic heterocycles. The van der Waals surface area contributed by atoms with Gasteiger partial charge in [0.15, 0.2) is 0 Å². The first-order valence-corrected chi connectivity index (χ1v) is 5.24. The maximum atomic E-state index is 11.4. The maximum Gasteiger partial charge on any atom is 0.504 e. The van der Waals surface area contributed by atoms with Crippen LogP contribution in [0.3, 0.4) is 0 Å². The second-order valence-electron chi connectivity index (χ2n) is 4.42. The van der Waals surface area contributed by atoms with Crippen molar-refractivity contribution in [2.24, 2.45) is 0 Å². The van der Waals surface area contributed by atoms with Crippen LogP contribution < -0.4 is 9.97 Å². The lowest BCUT2D eigenvalue weighted by molar-refractivity contribution is 0.0636. The van der Waals surface area contributed by atoms with Gasteiger partial charge in [-0.1, -0.05) is 0 Å². The summed E-state index contributed by atoms with van der Waals surface area (Å²) < 4.78 is 9.96. The fourth-order valence-corrected chi connectivity index (χ4v) is 1.13. The van der Waals surface area contributed by atoms with Crippen LogP contribution in [0.4, 0.5) is 10.5 Å². The third kappa shape index (κ3) is 5.26. The van der Waals surface area contributed by atoms with Crippen molar-refractivity contribution in [2.45, 2.75) is 26.4 Å². The average molecular weight is 237 g/mol. The molecule has 0 aliphatic carbocycles. The lowest BCUT2D eigenvalue weighted by Gasteiger charge is -2.19. The molecular weight excluding hydrogens is 221 g/mol. The van der Waals surface area contributed by atoms with Crippen molar-refractivity contribution in [3.8, 4) is 5.75 Å². The van der Waals surface area contributed by atoms with E-state index in [1.807, 2.05) is 0 Å². The van der Waals surface area contributed by atoms with Crippen molar-refractivity contribution in [3.05, 3.63) is 24.3 Å². The van der Waals surface area contributed by atoms with Crippen LogP contribution in [-0.2, 0) is 4.74 Å². The van der Waals surface area contributed by atoms with Gasteiger partial charge >= 0.3 is 13.8 Å². The van der Waals surface area contributed by atoms with E-state index in [4.69, 9.17) is 14.4 Å². The predicted molar refractivity (Wildman–Crippen MR) is 66.3 cm³/mol. The Balaban J connectivity index is 2.54. The highest BCUT2D eigenvalue weighted by Crippen LogP contribution is 2.16. The molecule has 6 heteroatoms. The molecule has 0 aliphatic rings. The van der Waals surface area contributed by atoms with Crippen LogP contribution in [0.25, 0.3) is 0 Å². The molecule has 0 saturated carbocycles. The van der Waals surface area contributed by atoms with Gasteiger partial charge in [-0.3, -0.25) is 5.32 Å². The number of carbonyl (C=O) groups is 1. The topological polar surface area (TPSA) is 67.8 Å². The molecule has 0 aromatic heterocycles. The minimum atomic E-state index is -0.524. The maximum absolute atomic E-state index is 11.4. The first kappa shape index (κ1) is 13.4. The Morgan fingerprint density at radius 2 is 1.88 bits per heavy atom. The number of ether oxygens (including phenoxy) is 1. The predicted octanol–water partition coefficient (Wildman–Crippen LogP) is 1.67. The molecule has 1 amide bonds. The highest BCUT2D eigenvalue weighted by Gasteiger charge is 2.15. The fourth-order valence-electron chi connectivity index (χ4n) is 1.13. The van der Waals surface area contributed by atoms with Crippen molar-refractivity contribution in [1.29, 1.82) is 0 Å². The SMILES string of the molecule is CC(C)(C)OC(=O)Nc1ccc(OBO)cc1. The molecule has 0 unspecified atom stereocenters. The largest absolute Gasteiger partial charge is 0.539 e. The number of rotatable bonds is 3. The summed E-state index contributed by atoms with van der Waals surface area (Å²) in [5, 5.41) is 11.1. The van der Waals surface area contributed by atoms with E-state index >= 15 is 0 Å². The average Bonchev–Trinajstić information content (AvgIpc) is 2.18. The summed E-state index contributed by atoms with van der Waals surface area (Å²) in [5.41, 5.74) is 0.0776. The molecule has 0 radical (unpaired) electrons. The van der Waals surface area contributed by atoms with E-state index in [0.717, 1.165) is 0 Å². The number of anilines is 1. The minimum Gasteiger partial charge on any atom is -0.539 e. The van der Waals surface area contributed by atoms with E-state index < -0.39 is 11.7 Å². The van der Waals surface area contributed by atoms with Crippen LogP contribution in [0.2, 0.25) is 0 Å². The molecule has 0 atom stereocenters. The lowest BCUT2D eigenvalue weighted by atomic mass is 10.2. The Morgan fingerprint density at radius 3 is 2.35 bits per heavy atom. The second-order valence-corrected chi connectivity index (χ2v) is 4.42. The van der Waals surface area contributed by atoms with Crippen LogP contribution in [0.15, 0.2) is 24.3 Å². The highest BCUT2D eigenvalue weighted by molar-refractivity contribution is 6.17. The monoisotopic (exact) mass is 237 g/mol. The van der Waals surface area contributed by atoms with Gasteiger partial charge in [0.2, 0.25) is 0 Å². The van der Waals surface area contributed by atoms with Crippen LogP contribution in [0, 0.1) is 0 Å². The van der Waals surface area contributed by atoms with Crippen LogP contribution in [-0.4, -0.2) is 24.4 Å². The molecule has 0 heterocycles. The first-order chi connectivity index (χ1) is 7.90. The number of amides is 1. The van der Waals surface area contributed by atoms with Crippen LogP contribution in [0.1, 0.15) is 20.8 Å². The van der Waals surface area contributed by atoms with Crippen LogP contribution in [0.5, 0.6) is 5.75 Å². The molecule has 1 aromatic rings. The van der Waals surface area contributed by atoms with E-state index in [2.05, 4.69) is 5.32 Å². The molecule has 0 bridgehead atoms. The number of benzene rings is 1. The number of hydrogen-bond acceptors (Lipinski definition) is 4. The van der Waals surface area contributed by atoms with Gasteiger partial charge in [0.1, 0.15) is 11.4 Å². The normalized spacial score (nSPS) is 10.6. The standard InChI is InChI=1S/C11H16BNO4/c1-11(2,3)16-10(14)13-8-4-6-9(7-5-8)17-12-15/h4-7,12,15H,1-3H3,(H,13,14). The molecular formula is C11H16BNO4. The van der Waals surface area contributed by atoms with Crippen molar-refractivity contribution in [2.75, 3.05) is 5.32 Å². The van der Waals surface area contributed by atoms with Gasteiger partial charge in [-0.05, 0) is 45.0 Å². The molecule has 5 nitrogen and oxygen atoms in total. The molecule has 92 valence electrons. The Labute approximate surface area is 101 Å². The zero-order valence-electron chi connectivity index (χ0n) is 10.2. The Hall–Kier alpha value is -1.69. The molecule has 0 fully saturated rings. The van der Waals surface area contributed by atoms with Crippen LogP contribution >= 0.6 is 0 Å². The summed E-state index contributed by atoms with van der Waals surface area (Å²) in [6.07, 6.45) is -0.506. The van der Waals surface area contributed by atoms with Gasteiger partial charge in [-0.2, -0.15) is 0 Å². The molecule has 2 N–H and O–H groups in total. The summed E-state index contributed by atoms with van der Waals surface area (Å²) in [6, 6.07) is 6.61. The molecule has 0 spiro atoms. The van der Waals surface area contributed by atoms with E-state index in [-0.39, 0.29) is 7.69 Å². The highest BCUT2D eigenvalue weighted by atomic mass is 16.6. The summed E-state index contributed by atoms with van der Waals surface area (Å²) in [6.45, 7) is 5.39. The van der Waals surface area contributed by atoms with Gasteiger partial charge in [-0.25, -0.2) is 4.79 Å². The zero-order valence-corrected chi connectivity index (χ0v) is 10.2. The van der Waals surface area contributed by atoms with E-state index in [9.17, 15) is 4.79 Å². The Kier molecular flexibility index (Phi) is 4.40. The van der Waals surface area contributed by atoms with Crippen molar-refractivity contribution >= 4 is 19.5 Å². The molecule has 1 aromatic carbocycles. The van der Waals surface area contributed by atoms with Crippen molar-refractivity contribution in [3.63, 3.8) is 0 Å². The van der Waals surface area contributed by atoms with Gasteiger partial charge < -0.3 is 14.4 Å². The van der Waals surface area contributed by atoms with Gasteiger partial charge in [0.25, 0.3) is 0 Å². The molecule has 17 heavy (non-hydrogen) atoms. The van der Waals surface area contributed by atoms with Gasteiger partial charge in [0.05, 0.1) is 0 Å². The summed E-state index contributed by atoms with van der Waals surface area (Å²) in [5.74, 6) is 0.530. The minimum absolute atomic E-state index is 0.376. The van der Waals surface area contributed by atoms with E-state index in [0.29, 0.717) is 11.4 Å². The van der Waals surface area contributed by atoms with Gasteiger partial charge in [-0.15, -0.1) is 0 Å². The molecule has 0 saturated heterocycles. The van der Waals surface area contributed by atoms with E-state index in [1.54, 1.807) is 45.0 Å². The summed E-state index contributed by atoms with van der Waals surface area (Å²) >= 11 is 0. The Morgan fingerprint density at radius 1 is 1.29 bits per heavy atom. The number of hydrogen-bond donors (Lipinski definition) is 2. The van der Waals surface area contributed by atoms with Gasteiger partial charge in [0, 0.05) is 5.69 Å². The number of nitrogens with one attached hydrogen (secondary N) is 1. The fraction of sp³-hybridized carbons (Fsp3) is 0.364. The summed E-state index contributed by atoms with van der Waals surface area (Å²) in [4.78, 5) is 11.4. The summed E-state index contributed by atoms with van der Waals surface area (Å²) in [7, 11) is -0.376. The zero-order chi connectivity index (χ0) is 12.9. The van der Waals surface area contributed by atoms with Crippen molar-refractivity contribution < 1.29 is 19.2 Å². The quantitative estimate of drug-likeness (QED) is 0.784.